The Morgan fingerprint density at radius 1 is 1.35 bits per heavy atom. The lowest BCUT2D eigenvalue weighted by Crippen LogP contribution is -2.36. The van der Waals surface area contributed by atoms with Crippen molar-refractivity contribution in [3.63, 3.8) is 0 Å². The van der Waals surface area contributed by atoms with E-state index in [2.05, 4.69) is 46.4 Å². The second-order valence-electron chi connectivity index (χ2n) is 5.68. The average molecular weight is 269 g/mol. The van der Waals surface area contributed by atoms with Gasteiger partial charge in [-0.25, -0.2) is 0 Å². The maximum atomic E-state index is 4.39. The standard InChI is InChI=1S/C17H23N3/c1-2-16-13-20(10-4-9-18-16)12-14-6-7-17-15(11-14)5-3-8-19-17/h3,5-8,11,16,18H,2,4,9-10,12-13H2,1H3. The molecular weight excluding hydrogens is 246 g/mol. The highest BCUT2D eigenvalue weighted by atomic mass is 15.2. The molecule has 1 N–H and O–H groups in total. The highest BCUT2D eigenvalue weighted by Crippen LogP contribution is 2.16. The normalized spacial score (nSPS) is 20.9. The summed E-state index contributed by atoms with van der Waals surface area (Å²) < 4.78 is 0. The third kappa shape index (κ3) is 3.17. The van der Waals surface area contributed by atoms with E-state index in [0.29, 0.717) is 6.04 Å². The number of benzene rings is 1. The zero-order chi connectivity index (χ0) is 13.8. The highest BCUT2D eigenvalue weighted by Gasteiger charge is 2.16. The van der Waals surface area contributed by atoms with E-state index in [1.807, 2.05) is 12.3 Å². The third-order valence-corrected chi connectivity index (χ3v) is 4.13. The molecule has 1 atom stereocenters. The van der Waals surface area contributed by atoms with Crippen LogP contribution in [0.25, 0.3) is 10.9 Å². The molecule has 20 heavy (non-hydrogen) atoms. The number of nitrogens with zero attached hydrogens (tertiary/aromatic N) is 2. The Hall–Kier alpha value is -1.45. The van der Waals surface area contributed by atoms with Crippen molar-refractivity contribution in [2.24, 2.45) is 0 Å². The lowest BCUT2D eigenvalue weighted by Gasteiger charge is -2.23. The summed E-state index contributed by atoms with van der Waals surface area (Å²) in [4.78, 5) is 6.96. The first-order valence-corrected chi connectivity index (χ1v) is 7.64. The molecule has 0 bridgehead atoms. The van der Waals surface area contributed by atoms with E-state index in [9.17, 15) is 0 Å². The first kappa shape index (κ1) is 13.5. The maximum absolute atomic E-state index is 4.39. The zero-order valence-electron chi connectivity index (χ0n) is 12.2. The highest BCUT2D eigenvalue weighted by molar-refractivity contribution is 5.78. The van der Waals surface area contributed by atoms with E-state index in [4.69, 9.17) is 0 Å². The van der Waals surface area contributed by atoms with Crippen LogP contribution in [0.1, 0.15) is 25.3 Å². The second kappa shape index (κ2) is 6.33. The molecule has 3 heteroatoms. The predicted molar refractivity (Wildman–Crippen MR) is 83.7 cm³/mol. The summed E-state index contributed by atoms with van der Waals surface area (Å²) in [5.74, 6) is 0. The Balaban J connectivity index is 1.74. The molecule has 1 unspecified atom stereocenters. The first-order valence-electron chi connectivity index (χ1n) is 7.64. The van der Waals surface area contributed by atoms with Crippen LogP contribution in [0, 0.1) is 0 Å². The summed E-state index contributed by atoms with van der Waals surface area (Å²) in [5.41, 5.74) is 2.47. The van der Waals surface area contributed by atoms with E-state index in [1.54, 1.807) is 0 Å². The number of fused-ring (bicyclic) bond motifs is 1. The quantitative estimate of drug-likeness (QED) is 0.928. The van der Waals surface area contributed by atoms with Gasteiger partial charge in [0.05, 0.1) is 5.52 Å². The SMILES string of the molecule is CCC1CN(Cc2ccc3ncccc3c2)CCCN1. The molecule has 0 spiro atoms. The molecule has 1 aromatic carbocycles. The van der Waals surface area contributed by atoms with E-state index in [-0.39, 0.29) is 0 Å². The average Bonchev–Trinajstić information content (AvgIpc) is 2.72. The summed E-state index contributed by atoms with van der Waals surface area (Å²) in [6.07, 6.45) is 4.30. The molecule has 1 aliphatic heterocycles. The summed E-state index contributed by atoms with van der Waals surface area (Å²) in [6, 6.07) is 11.4. The van der Waals surface area contributed by atoms with Crippen LogP contribution < -0.4 is 5.32 Å². The van der Waals surface area contributed by atoms with Gasteiger partial charge in [-0.05, 0) is 49.7 Å². The fourth-order valence-electron chi connectivity index (χ4n) is 2.98. The molecular formula is C17H23N3. The zero-order valence-corrected chi connectivity index (χ0v) is 12.2. The molecule has 3 rings (SSSR count). The molecule has 3 nitrogen and oxygen atoms in total. The van der Waals surface area contributed by atoms with Gasteiger partial charge in [0, 0.05) is 30.7 Å². The second-order valence-corrected chi connectivity index (χ2v) is 5.68. The lowest BCUT2D eigenvalue weighted by molar-refractivity contribution is 0.257. The number of hydrogen-bond acceptors (Lipinski definition) is 3. The van der Waals surface area contributed by atoms with Gasteiger partial charge in [-0.3, -0.25) is 9.88 Å². The predicted octanol–water partition coefficient (Wildman–Crippen LogP) is 2.81. The fraction of sp³-hybridized carbons (Fsp3) is 0.471. The molecule has 0 saturated carbocycles. The monoisotopic (exact) mass is 269 g/mol. The smallest absolute Gasteiger partial charge is 0.0702 e. The minimum Gasteiger partial charge on any atom is -0.313 e. The lowest BCUT2D eigenvalue weighted by atomic mass is 10.1. The minimum absolute atomic E-state index is 0.639. The van der Waals surface area contributed by atoms with Crippen LogP contribution in [0.4, 0.5) is 0 Å². The Labute approximate surface area is 121 Å². The minimum atomic E-state index is 0.639. The molecule has 0 aliphatic carbocycles. The molecule has 2 heterocycles. The van der Waals surface area contributed by atoms with Crippen molar-refractivity contribution >= 4 is 10.9 Å². The summed E-state index contributed by atoms with van der Waals surface area (Å²) in [7, 11) is 0. The fourth-order valence-corrected chi connectivity index (χ4v) is 2.98. The van der Waals surface area contributed by atoms with Crippen molar-refractivity contribution in [3.05, 3.63) is 42.1 Å². The van der Waals surface area contributed by atoms with Crippen LogP contribution in [0.5, 0.6) is 0 Å². The largest absolute Gasteiger partial charge is 0.313 e. The van der Waals surface area contributed by atoms with E-state index < -0.39 is 0 Å². The van der Waals surface area contributed by atoms with Gasteiger partial charge in [-0.1, -0.05) is 19.1 Å². The molecule has 106 valence electrons. The van der Waals surface area contributed by atoms with Gasteiger partial charge in [-0.15, -0.1) is 0 Å². The van der Waals surface area contributed by atoms with Crippen LogP contribution in [-0.2, 0) is 6.54 Å². The van der Waals surface area contributed by atoms with E-state index in [1.165, 1.54) is 30.3 Å². The Morgan fingerprint density at radius 2 is 2.30 bits per heavy atom. The molecule has 0 radical (unpaired) electrons. The maximum Gasteiger partial charge on any atom is 0.0702 e. The van der Waals surface area contributed by atoms with Crippen molar-refractivity contribution in [1.82, 2.24) is 15.2 Å². The van der Waals surface area contributed by atoms with Gasteiger partial charge >= 0.3 is 0 Å². The number of rotatable bonds is 3. The molecule has 1 saturated heterocycles. The van der Waals surface area contributed by atoms with Crippen molar-refractivity contribution in [2.75, 3.05) is 19.6 Å². The topological polar surface area (TPSA) is 28.2 Å². The van der Waals surface area contributed by atoms with Crippen molar-refractivity contribution in [3.8, 4) is 0 Å². The molecule has 1 aromatic heterocycles. The van der Waals surface area contributed by atoms with Gasteiger partial charge in [-0.2, -0.15) is 0 Å². The van der Waals surface area contributed by atoms with Gasteiger partial charge in [0.15, 0.2) is 0 Å². The van der Waals surface area contributed by atoms with Crippen LogP contribution in [0.3, 0.4) is 0 Å². The van der Waals surface area contributed by atoms with Crippen molar-refractivity contribution in [1.29, 1.82) is 0 Å². The number of nitrogens with one attached hydrogen (secondary N) is 1. The first-order chi connectivity index (χ1) is 9.85. The molecule has 1 aliphatic rings. The van der Waals surface area contributed by atoms with Gasteiger partial charge in [0.2, 0.25) is 0 Å². The van der Waals surface area contributed by atoms with Crippen molar-refractivity contribution < 1.29 is 0 Å². The Kier molecular flexibility index (Phi) is 4.28. The Morgan fingerprint density at radius 3 is 3.20 bits per heavy atom. The van der Waals surface area contributed by atoms with Gasteiger partial charge in [0.1, 0.15) is 0 Å². The third-order valence-electron chi connectivity index (χ3n) is 4.13. The van der Waals surface area contributed by atoms with Crippen LogP contribution >= 0.6 is 0 Å². The van der Waals surface area contributed by atoms with Gasteiger partial charge < -0.3 is 5.32 Å². The molecule has 2 aromatic rings. The molecule has 0 amide bonds. The van der Waals surface area contributed by atoms with Crippen molar-refractivity contribution in [2.45, 2.75) is 32.4 Å². The Bertz CT molecular complexity index is 567. The summed E-state index contributed by atoms with van der Waals surface area (Å²) >= 11 is 0. The number of aromatic nitrogens is 1. The van der Waals surface area contributed by atoms with E-state index in [0.717, 1.165) is 25.2 Å². The van der Waals surface area contributed by atoms with E-state index >= 15 is 0 Å². The van der Waals surface area contributed by atoms with Gasteiger partial charge in [0.25, 0.3) is 0 Å². The summed E-state index contributed by atoms with van der Waals surface area (Å²) in [5, 5.41) is 4.87. The summed E-state index contributed by atoms with van der Waals surface area (Å²) in [6.45, 7) is 6.80. The number of pyridine rings is 1. The number of hydrogen-bond donors (Lipinski definition) is 1. The van der Waals surface area contributed by atoms with Crippen LogP contribution in [0.15, 0.2) is 36.5 Å². The van der Waals surface area contributed by atoms with Crippen LogP contribution in [0.2, 0.25) is 0 Å². The molecule has 1 fully saturated rings. The van der Waals surface area contributed by atoms with Crippen LogP contribution in [-0.4, -0.2) is 35.6 Å².